The zero-order valence-electron chi connectivity index (χ0n) is 19.5. The van der Waals surface area contributed by atoms with Gasteiger partial charge in [-0.3, -0.25) is 0 Å². The van der Waals surface area contributed by atoms with Gasteiger partial charge in [-0.05, 0) is 54.8 Å². The molecule has 0 aromatic heterocycles. The summed E-state index contributed by atoms with van der Waals surface area (Å²) in [6, 6.07) is 19.4. The number of anilines is 1. The second-order valence-electron chi connectivity index (χ2n) is 8.37. The van der Waals surface area contributed by atoms with Gasteiger partial charge in [0.1, 0.15) is 11.6 Å². The van der Waals surface area contributed by atoms with E-state index < -0.39 is 0 Å². The molecule has 3 aromatic rings. The van der Waals surface area contributed by atoms with Gasteiger partial charge in [0.05, 0.1) is 19.4 Å². The lowest BCUT2D eigenvalue weighted by molar-refractivity contribution is 0.0608. The summed E-state index contributed by atoms with van der Waals surface area (Å²) in [6.45, 7) is 4.54. The van der Waals surface area contributed by atoms with Crippen molar-refractivity contribution in [2.45, 2.75) is 32.9 Å². The van der Waals surface area contributed by atoms with Gasteiger partial charge in [0, 0.05) is 24.2 Å². The van der Waals surface area contributed by atoms with Crippen LogP contribution in [0, 0.1) is 19.7 Å². The molecule has 1 aliphatic rings. The number of hydrogen-bond donors (Lipinski definition) is 1. The van der Waals surface area contributed by atoms with Crippen LogP contribution >= 0.6 is 0 Å². The molecule has 3 aromatic carbocycles. The zero-order chi connectivity index (χ0) is 24.1. The van der Waals surface area contributed by atoms with Crippen LogP contribution in [0.15, 0.2) is 71.9 Å². The van der Waals surface area contributed by atoms with Crippen LogP contribution in [0.1, 0.15) is 28.7 Å². The molecule has 0 spiro atoms. The number of urea groups is 1. The summed E-state index contributed by atoms with van der Waals surface area (Å²) < 4.78 is 18.9. The smallest absolute Gasteiger partial charge is 0.322 e. The van der Waals surface area contributed by atoms with Crippen LogP contribution in [0.2, 0.25) is 0 Å². The largest absolute Gasteiger partial charge is 0.496 e. The Morgan fingerprint density at radius 1 is 1.09 bits per heavy atom. The molecule has 4 rings (SSSR count). The maximum Gasteiger partial charge on any atom is 0.322 e. The number of benzene rings is 3. The lowest BCUT2D eigenvalue weighted by atomic mass is 10.0. The van der Waals surface area contributed by atoms with Crippen LogP contribution in [0.3, 0.4) is 0 Å². The Morgan fingerprint density at radius 2 is 1.79 bits per heavy atom. The van der Waals surface area contributed by atoms with Crippen molar-refractivity contribution >= 4 is 17.4 Å². The number of aryl methyl sites for hydroxylation is 2. The Labute approximate surface area is 199 Å². The molecule has 7 heteroatoms. The molecule has 0 saturated carbocycles. The number of ether oxygens (including phenoxy) is 1. The summed E-state index contributed by atoms with van der Waals surface area (Å²) in [7, 11) is 1.62. The van der Waals surface area contributed by atoms with Gasteiger partial charge < -0.3 is 19.8 Å². The fourth-order valence-electron chi connectivity index (χ4n) is 4.04. The number of nitrogens with zero attached hydrogens (tertiary/aromatic N) is 2. The average Bonchev–Trinajstić information content (AvgIpc) is 3.30. The second-order valence-corrected chi connectivity index (χ2v) is 8.37. The van der Waals surface area contributed by atoms with Crippen molar-refractivity contribution in [2.24, 2.45) is 5.16 Å². The minimum atomic E-state index is -0.316. The molecular weight excluding hydrogens is 433 g/mol. The molecule has 1 heterocycles. The number of rotatable bonds is 7. The van der Waals surface area contributed by atoms with Crippen molar-refractivity contribution in [1.29, 1.82) is 0 Å². The summed E-state index contributed by atoms with van der Waals surface area (Å²) in [5, 5.41) is 7.31. The van der Waals surface area contributed by atoms with Gasteiger partial charge in [0.25, 0.3) is 0 Å². The van der Waals surface area contributed by atoms with E-state index in [1.165, 1.54) is 12.1 Å². The van der Waals surface area contributed by atoms with Crippen molar-refractivity contribution in [2.75, 3.05) is 19.0 Å². The highest BCUT2D eigenvalue weighted by Gasteiger charge is 2.28. The monoisotopic (exact) mass is 461 g/mol. The molecule has 0 fully saturated rings. The van der Waals surface area contributed by atoms with E-state index in [1.807, 2.05) is 56.3 Å². The molecular formula is C27H28FN3O3. The predicted molar refractivity (Wildman–Crippen MR) is 131 cm³/mol. The van der Waals surface area contributed by atoms with Crippen LogP contribution in [-0.4, -0.2) is 36.4 Å². The number of para-hydroxylation sites is 2. The van der Waals surface area contributed by atoms with Gasteiger partial charge in [-0.2, -0.15) is 0 Å². The highest BCUT2D eigenvalue weighted by Crippen LogP contribution is 2.26. The predicted octanol–water partition coefficient (Wildman–Crippen LogP) is 5.68. The van der Waals surface area contributed by atoms with E-state index in [2.05, 4.69) is 10.5 Å². The third-order valence-corrected chi connectivity index (χ3v) is 5.86. The average molecular weight is 462 g/mol. The maximum absolute atomic E-state index is 13.4. The second kappa shape index (κ2) is 10.4. The van der Waals surface area contributed by atoms with Crippen molar-refractivity contribution in [3.8, 4) is 5.75 Å². The van der Waals surface area contributed by atoms with Crippen LogP contribution in [0.5, 0.6) is 5.75 Å². The van der Waals surface area contributed by atoms with Crippen LogP contribution < -0.4 is 10.1 Å². The number of halogens is 1. The molecule has 0 bridgehead atoms. The summed E-state index contributed by atoms with van der Waals surface area (Å²) in [5.41, 5.74) is 5.22. The normalized spacial score (nSPS) is 14.8. The molecule has 0 aliphatic carbocycles. The van der Waals surface area contributed by atoms with Crippen LogP contribution in [0.4, 0.5) is 14.9 Å². The molecule has 2 amide bonds. The molecule has 1 aliphatic heterocycles. The van der Waals surface area contributed by atoms with Gasteiger partial charge in [0.15, 0.2) is 6.10 Å². The highest BCUT2D eigenvalue weighted by molar-refractivity contribution is 6.03. The Hall–Kier alpha value is -3.87. The first-order valence-electron chi connectivity index (χ1n) is 11.2. The molecule has 0 saturated heterocycles. The summed E-state index contributed by atoms with van der Waals surface area (Å²) in [6.07, 6.45) is 0.223. The van der Waals surface area contributed by atoms with E-state index in [4.69, 9.17) is 9.57 Å². The summed E-state index contributed by atoms with van der Waals surface area (Å²) in [4.78, 5) is 20.7. The Bertz CT molecular complexity index is 1170. The molecule has 34 heavy (non-hydrogen) atoms. The number of carbonyl (C=O) groups is 1. The summed E-state index contributed by atoms with van der Waals surface area (Å²) in [5.74, 6) is 0.408. The van der Waals surface area contributed by atoms with E-state index in [1.54, 1.807) is 24.1 Å². The number of oxime groups is 1. The van der Waals surface area contributed by atoms with Gasteiger partial charge in [-0.1, -0.05) is 47.6 Å². The minimum absolute atomic E-state index is 0.254. The number of methoxy groups -OCH3 is 1. The van der Waals surface area contributed by atoms with Crippen LogP contribution in [-0.2, 0) is 11.4 Å². The van der Waals surface area contributed by atoms with Crippen molar-refractivity contribution < 1.29 is 18.8 Å². The van der Waals surface area contributed by atoms with Crippen molar-refractivity contribution in [1.82, 2.24) is 4.90 Å². The third-order valence-electron chi connectivity index (χ3n) is 5.86. The topological polar surface area (TPSA) is 63.2 Å². The molecule has 1 N–H and O–H groups in total. The van der Waals surface area contributed by atoms with E-state index >= 15 is 0 Å². The number of hydrogen-bond acceptors (Lipinski definition) is 4. The van der Waals surface area contributed by atoms with Crippen molar-refractivity contribution in [3.63, 3.8) is 0 Å². The number of amides is 2. The van der Waals surface area contributed by atoms with E-state index in [0.717, 1.165) is 39.4 Å². The van der Waals surface area contributed by atoms with Gasteiger partial charge in [0.2, 0.25) is 0 Å². The third kappa shape index (κ3) is 5.36. The highest BCUT2D eigenvalue weighted by atomic mass is 19.1. The SMILES string of the molecule is COc1ccccc1C1=NOC(CN(Cc2ccc(F)cc2)C(=O)Nc2c(C)cccc2C)C1. The first kappa shape index (κ1) is 23.3. The number of nitrogens with one attached hydrogen (secondary N) is 1. The molecule has 0 radical (unpaired) electrons. The fourth-order valence-corrected chi connectivity index (χ4v) is 4.04. The molecule has 176 valence electrons. The molecule has 1 unspecified atom stereocenters. The number of carbonyl (C=O) groups excluding carboxylic acids is 1. The lowest BCUT2D eigenvalue weighted by Gasteiger charge is -2.26. The van der Waals surface area contributed by atoms with E-state index in [-0.39, 0.29) is 18.0 Å². The van der Waals surface area contributed by atoms with Gasteiger partial charge in [-0.25, -0.2) is 9.18 Å². The van der Waals surface area contributed by atoms with Gasteiger partial charge >= 0.3 is 6.03 Å². The Kier molecular flexibility index (Phi) is 7.11. The van der Waals surface area contributed by atoms with E-state index in [0.29, 0.717) is 19.5 Å². The standard InChI is InChI=1S/C27H28FN3O3/c1-18-7-6-8-19(2)26(18)29-27(32)31(16-20-11-13-21(28)14-12-20)17-22-15-24(30-34-22)23-9-4-5-10-25(23)33-3/h4-14,22H,15-17H2,1-3H3,(H,29,32). The molecule has 1 atom stereocenters. The first-order valence-corrected chi connectivity index (χ1v) is 11.2. The minimum Gasteiger partial charge on any atom is -0.496 e. The first-order chi connectivity index (χ1) is 16.4. The Balaban J connectivity index is 1.51. The Morgan fingerprint density at radius 3 is 2.50 bits per heavy atom. The van der Waals surface area contributed by atoms with Gasteiger partial charge in [-0.15, -0.1) is 0 Å². The lowest BCUT2D eigenvalue weighted by Crippen LogP contribution is -2.40. The van der Waals surface area contributed by atoms with Crippen molar-refractivity contribution in [3.05, 3.63) is 94.8 Å². The van der Waals surface area contributed by atoms with E-state index in [9.17, 15) is 9.18 Å². The molecule has 6 nitrogen and oxygen atoms in total. The van der Waals surface area contributed by atoms with Crippen LogP contribution in [0.25, 0.3) is 0 Å². The zero-order valence-corrected chi connectivity index (χ0v) is 19.5. The quantitative estimate of drug-likeness (QED) is 0.493. The fraction of sp³-hybridized carbons (Fsp3) is 0.259. The summed E-state index contributed by atoms with van der Waals surface area (Å²) >= 11 is 0. The maximum atomic E-state index is 13.4.